The molecule has 0 bridgehead atoms. The number of fused-ring (bicyclic) bond motifs is 1. The van der Waals surface area contributed by atoms with Gasteiger partial charge in [0.15, 0.2) is 0 Å². The predicted molar refractivity (Wildman–Crippen MR) is 81.4 cm³/mol. The normalized spacial score (nSPS) is 11.0. The molecule has 0 spiro atoms. The zero-order valence-corrected chi connectivity index (χ0v) is 11.7. The van der Waals surface area contributed by atoms with Gasteiger partial charge in [0.2, 0.25) is 0 Å². The summed E-state index contributed by atoms with van der Waals surface area (Å²) in [6, 6.07) is 15.0. The Morgan fingerprint density at radius 1 is 1.00 bits per heavy atom. The Bertz CT molecular complexity index is 490. The minimum absolute atomic E-state index is 0.796. The van der Waals surface area contributed by atoms with Crippen molar-refractivity contribution in [3.63, 3.8) is 0 Å². The summed E-state index contributed by atoms with van der Waals surface area (Å²) in [6.07, 6.45) is 2.35. The summed E-state index contributed by atoms with van der Waals surface area (Å²) < 4.78 is 5.54. The molecule has 0 aliphatic carbocycles. The highest BCUT2D eigenvalue weighted by atomic mass is 16.5. The highest BCUT2D eigenvalue weighted by molar-refractivity contribution is 5.85. The van der Waals surface area contributed by atoms with Crippen molar-refractivity contribution in [2.75, 3.05) is 19.8 Å². The molecular formula is C17H23NO. The van der Waals surface area contributed by atoms with Gasteiger partial charge in [0.05, 0.1) is 6.61 Å². The largest absolute Gasteiger partial charge is 0.380 e. The Morgan fingerprint density at radius 2 is 1.84 bits per heavy atom. The van der Waals surface area contributed by atoms with Gasteiger partial charge in [-0.05, 0) is 22.8 Å². The molecule has 0 radical (unpaired) electrons. The second-order valence-corrected chi connectivity index (χ2v) is 4.78. The number of hydrogen-bond acceptors (Lipinski definition) is 2. The number of rotatable bonds is 8. The molecule has 0 aliphatic rings. The van der Waals surface area contributed by atoms with Crippen molar-refractivity contribution in [2.45, 2.75) is 26.3 Å². The molecule has 1 N–H and O–H groups in total. The molecule has 0 amide bonds. The lowest BCUT2D eigenvalue weighted by atomic mass is 10.0. The van der Waals surface area contributed by atoms with E-state index >= 15 is 0 Å². The molecule has 0 aliphatic heterocycles. The minimum Gasteiger partial charge on any atom is -0.380 e. The summed E-state index contributed by atoms with van der Waals surface area (Å²) in [5, 5.41) is 6.09. The lowest BCUT2D eigenvalue weighted by Gasteiger charge is -2.08. The maximum atomic E-state index is 5.54. The molecule has 2 aromatic rings. The average molecular weight is 257 g/mol. The van der Waals surface area contributed by atoms with Crippen LogP contribution >= 0.6 is 0 Å². The number of nitrogens with one attached hydrogen (secondary N) is 1. The highest BCUT2D eigenvalue weighted by Gasteiger charge is 1.99. The van der Waals surface area contributed by atoms with Crippen LogP contribution in [0.15, 0.2) is 42.5 Å². The molecule has 2 aromatic carbocycles. The van der Waals surface area contributed by atoms with Crippen LogP contribution in [0.25, 0.3) is 10.8 Å². The first-order valence-electron chi connectivity index (χ1n) is 7.17. The third-order valence-corrected chi connectivity index (χ3v) is 3.26. The van der Waals surface area contributed by atoms with Crippen molar-refractivity contribution >= 4 is 10.8 Å². The first kappa shape index (κ1) is 14.0. The van der Waals surface area contributed by atoms with Crippen LogP contribution in [-0.4, -0.2) is 19.8 Å². The number of ether oxygens (including phenoxy) is 1. The van der Waals surface area contributed by atoms with E-state index in [2.05, 4.69) is 54.7 Å². The van der Waals surface area contributed by atoms with Crippen LogP contribution in [0.1, 0.15) is 25.3 Å². The van der Waals surface area contributed by atoms with Crippen LogP contribution in [0.2, 0.25) is 0 Å². The van der Waals surface area contributed by atoms with Gasteiger partial charge in [-0.1, -0.05) is 55.8 Å². The fourth-order valence-corrected chi connectivity index (χ4v) is 2.16. The molecule has 19 heavy (non-hydrogen) atoms. The maximum Gasteiger partial charge on any atom is 0.0591 e. The Hall–Kier alpha value is -1.38. The van der Waals surface area contributed by atoms with Crippen molar-refractivity contribution in [2.24, 2.45) is 0 Å². The molecule has 0 saturated carbocycles. The average Bonchev–Trinajstić information content (AvgIpc) is 2.46. The van der Waals surface area contributed by atoms with E-state index in [1.807, 2.05) is 0 Å². The summed E-state index contributed by atoms with van der Waals surface area (Å²) in [6.45, 7) is 5.67. The van der Waals surface area contributed by atoms with E-state index in [1.54, 1.807) is 0 Å². The zero-order chi connectivity index (χ0) is 13.3. The number of unbranched alkanes of at least 4 members (excludes halogenated alkanes) is 1. The molecule has 2 nitrogen and oxygen atoms in total. The number of benzene rings is 2. The summed E-state index contributed by atoms with van der Waals surface area (Å²) in [7, 11) is 0. The molecule has 2 heteroatoms. The summed E-state index contributed by atoms with van der Waals surface area (Å²) in [5.41, 5.74) is 1.35. The van der Waals surface area contributed by atoms with E-state index in [-0.39, 0.29) is 0 Å². The van der Waals surface area contributed by atoms with E-state index in [4.69, 9.17) is 4.74 Å². The molecule has 2 rings (SSSR count). The lowest BCUT2D eigenvalue weighted by Crippen LogP contribution is -2.19. The quantitative estimate of drug-likeness (QED) is 0.727. The zero-order valence-electron chi connectivity index (χ0n) is 11.7. The monoisotopic (exact) mass is 257 g/mol. The van der Waals surface area contributed by atoms with Crippen LogP contribution in [0.4, 0.5) is 0 Å². The van der Waals surface area contributed by atoms with E-state index in [0.717, 1.165) is 32.7 Å². The molecule has 0 atom stereocenters. The van der Waals surface area contributed by atoms with Gasteiger partial charge >= 0.3 is 0 Å². The van der Waals surface area contributed by atoms with E-state index in [0.29, 0.717) is 0 Å². The maximum absolute atomic E-state index is 5.54. The van der Waals surface area contributed by atoms with Crippen LogP contribution in [0.3, 0.4) is 0 Å². The predicted octanol–water partition coefficient (Wildman–Crippen LogP) is 3.75. The molecule has 0 aromatic heterocycles. The fourth-order valence-electron chi connectivity index (χ4n) is 2.16. The Labute approximate surface area is 115 Å². The van der Waals surface area contributed by atoms with E-state index in [9.17, 15) is 0 Å². The van der Waals surface area contributed by atoms with Gasteiger partial charge in [0, 0.05) is 19.7 Å². The van der Waals surface area contributed by atoms with Gasteiger partial charge in [0.25, 0.3) is 0 Å². The van der Waals surface area contributed by atoms with Gasteiger partial charge in [-0.2, -0.15) is 0 Å². The van der Waals surface area contributed by atoms with Crippen molar-refractivity contribution in [1.29, 1.82) is 0 Å². The third-order valence-electron chi connectivity index (χ3n) is 3.26. The smallest absolute Gasteiger partial charge is 0.0591 e. The summed E-state index contributed by atoms with van der Waals surface area (Å²) in [4.78, 5) is 0. The first-order chi connectivity index (χ1) is 9.42. The second kappa shape index (κ2) is 7.93. The topological polar surface area (TPSA) is 21.3 Å². The second-order valence-electron chi connectivity index (χ2n) is 4.78. The SMILES string of the molecule is CCCCOCCNCc1cccc2ccccc12. The van der Waals surface area contributed by atoms with E-state index < -0.39 is 0 Å². The Balaban J connectivity index is 1.78. The molecule has 102 valence electrons. The minimum atomic E-state index is 0.796. The van der Waals surface area contributed by atoms with Crippen LogP contribution in [-0.2, 0) is 11.3 Å². The lowest BCUT2D eigenvalue weighted by molar-refractivity contribution is 0.133. The van der Waals surface area contributed by atoms with Crippen LogP contribution < -0.4 is 5.32 Å². The standard InChI is InChI=1S/C17H23NO/c1-2-3-12-19-13-11-18-14-16-9-6-8-15-7-4-5-10-17(15)16/h4-10,18H,2-3,11-14H2,1H3. The fraction of sp³-hybridized carbons (Fsp3) is 0.412. The molecule has 0 saturated heterocycles. The van der Waals surface area contributed by atoms with E-state index in [1.165, 1.54) is 22.8 Å². The Kier molecular flexibility index (Phi) is 5.86. The summed E-state index contributed by atoms with van der Waals surface area (Å²) in [5.74, 6) is 0. The van der Waals surface area contributed by atoms with Crippen molar-refractivity contribution in [3.8, 4) is 0 Å². The molecular weight excluding hydrogens is 234 g/mol. The van der Waals surface area contributed by atoms with Gasteiger partial charge in [-0.3, -0.25) is 0 Å². The van der Waals surface area contributed by atoms with Gasteiger partial charge in [0.1, 0.15) is 0 Å². The first-order valence-corrected chi connectivity index (χ1v) is 7.17. The summed E-state index contributed by atoms with van der Waals surface area (Å²) >= 11 is 0. The van der Waals surface area contributed by atoms with Crippen molar-refractivity contribution in [3.05, 3.63) is 48.0 Å². The van der Waals surface area contributed by atoms with Crippen molar-refractivity contribution in [1.82, 2.24) is 5.32 Å². The van der Waals surface area contributed by atoms with Gasteiger partial charge < -0.3 is 10.1 Å². The van der Waals surface area contributed by atoms with Crippen LogP contribution in [0, 0.1) is 0 Å². The number of hydrogen-bond donors (Lipinski definition) is 1. The molecule has 0 fully saturated rings. The highest BCUT2D eigenvalue weighted by Crippen LogP contribution is 2.17. The van der Waals surface area contributed by atoms with Gasteiger partial charge in [-0.25, -0.2) is 0 Å². The van der Waals surface area contributed by atoms with Crippen LogP contribution in [0.5, 0.6) is 0 Å². The Morgan fingerprint density at radius 3 is 2.74 bits per heavy atom. The molecule has 0 unspecified atom stereocenters. The molecule has 0 heterocycles. The van der Waals surface area contributed by atoms with Crippen molar-refractivity contribution < 1.29 is 4.74 Å². The van der Waals surface area contributed by atoms with Gasteiger partial charge in [-0.15, -0.1) is 0 Å². The third kappa shape index (κ3) is 4.34.